The highest BCUT2D eigenvalue weighted by atomic mass is 35.5. The summed E-state index contributed by atoms with van der Waals surface area (Å²) in [4.78, 5) is 24.1. The van der Waals surface area contributed by atoms with Crippen LogP contribution in [0.25, 0.3) is 0 Å². The second kappa shape index (κ2) is 6.67. The van der Waals surface area contributed by atoms with Gasteiger partial charge < -0.3 is 5.32 Å². The van der Waals surface area contributed by atoms with Crippen molar-refractivity contribution < 1.29 is 18.0 Å². The van der Waals surface area contributed by atoms with Gasteiger partial charge in [0.05, 0.1) is 22.2 Å². The van der Waals surface area contributed by atoms with Gasteiger partial charge in [0.2, 0.25) is 15.9 Å². The molecule has 6 nitrogen and oxygen atoms in total. The number of anilines is 2. The van der Waals surface area contributed by atoms with Gasteiger partial charge in [-0.15, -0.1) is 0 Å². The molecule has 0 bridgehead atoms. The predicted octanol–water partition coefficient (Wildman–Crippen LogP) is 3.31. The number of rotatable bonds is 3. The largest absolute Gasteiger partial charge is 0.321 e. The molecule has 0 unspecified atom stereocenters. The second-order valence-corrected chi connectivity index (χ2v) is 8.13. The lowest BCUT2D eigenvalue weighted by Crippen LogP contribution is -2.29. The summed E-state index contributed by atoms with van der Waals surface area (Å²) < 4.78 is 24.6. The summed E-state index contributed by atoms with van der Waals surface area (Å²) in [5.41, 5.74) is 0.851. The van der Waals surface area contributed by atoms with E-state index in [0.717, 1.165) is 4.31 Å². The smallest absolute Gasteiger partial charge is 0.255 e. The van der Waals surface area contributed by atoms with Gasteiger partial charge in [-0.2, -0.15) is 0 Å². The Morgan fingerprint density at radius 3 is 2.36 bits per heavy atom. The maximum atomic E-state index is 12.3. The quantitative estimate of drug-likeness (QED) is 0.859. The SMILES string of the molecule is O=C(Nc1cc(Cl)ccc1Cl)c1ccc(N2C(=O)CCS2(=O)=O)cc1. The molecule has 1 aliphatic rings. The molecule has 2 aromatic carbocycles. The van der Waals surface area contributed by atoms with Crippen molar-refractivity contribution in [1.29, 1.82) is 0 Å². The summed E-state index contributed by atoms with van der Waals surface area (Å²) in [5.74, 6) is -1.13. The first kappa shape index (κ1) is 17.7. The topological polar surface area (TPSA) is 83.6 Å². The van der Waals surface area contributed by atoms with Crippen molar-refractivity contribution in [2.75, 3.05) is 15.4 Å². The fourth-order valence-corrected chi connectivity index (χ4v) is 4.20. The van der Waals surface area contributed by atoms with Crippen LogP contribution in [0.15, 0.2) is 42.5 Å². The van der Waals surface area contributed by atoms with E-state index in [-0.39, 0.29) is 23.4 Å². The number of carbonyl (C=O) groups excluding carboxylic acids is 2. The van der Waals surface area contributed by atoms with E-state index in [4.69, 9.17) is 23.2 Å². The average molecular weight is 399 g/mol. The highest BCUT2D eigenvalue weighted by Gasteiger charge is 2.36. The fourth-order valence-electron chi connectivity index (χ4n) is 2.40. The van der Waals surface area contributed by atoms with E-state index in [2.05, 4.69) is 5.32 Å². The zero-order chi connectivity index (χ0) is 18.2. The molecule has 0 atom stereocenters. The molecule has 0 spiro atoms. The van der Waals surface area contributed by atoms with Crippen LogP contribution in [-0.4, -0.2) is 26.0 Å². The predicted molar refractivity (Wildman–Crippen MR) is 96.7 cm³/mol. The first-order chi connectivity index (χ1) is 11.8. The van der Waals surface area contributed by atoms with Gasteiger partial charge in [0.15, 0.2) is 0 Å². The summed E-state index contributed by atoms with van der Waals surface area (Å²) >= 11 is 11.9. The van der Waals surface area contributed by atoms with E-state index in [1.807, 2.05) is 0 Å². The Hall–Kier alpha value is -2.09. The number of halogens is 2. The van der Waals surface area contributed by atoms with Crippen LogP contribution < -0.4 is 9.62 Å². The maximum absolute atomic E-state index is 12.3. The third-order valence-corrected chi connectivity index (χ3v) is 5.87. The molecule has 25 heavy (non-hydrogen) atoms. The summed E-state index contributed by atoms with van der Waals surface area (Å²) in [6.45, 7) is 0. The van der Waals surface area contributed by atoms with Crippen LogP contribution in [0.1, 0.15) is 16.8 Å². The Morgan fingerprint density at radius 2 is 1.76 bits per heavy atom. The molecule has 0 radical (unpaired) electrons. The van der Waals surface area contributed by atoms with Crippen molar-refractivity contribution in [3.8, 4) is 0 Å². The number of hydrogen-bond donors (Lipinski definition) is 1. The molecule has 1 fully saturated rings. The standard InChI is InChI=1S/C16H12Cl2N2O4S/c17-11-3-6-13(18)14(9-11)19-16(22)10-1-4-12(5-2-10)20-15(21)7-8-25(20,23)24/h1-6,9H,7-8H2,(H,19,22). The Balaban J connectivity index is 1.82. The van der Waals surface area contributed by atoms with Gasteiger partial charge in [0.25, 0.3) is 5.91 Å². The van der Waals surface area contributed by atoms with Gasteiger partial charge in [-0.25, -0.2) is 12.7 Å². The molecule has 1 heterocycles. The van der Waals surface area contributed by atoms with E-state index in [1.54, 1.807) is 12.1 Å². The van der Waals surface area contributed by atoms with Gasteiger partial charge >= 0.3 is 0 Å². The Morgan fingerprint density at radius 1 is 1.08 bits per heavy atom. The lowest BCUT2D eigenvalue weighted by Gasteiger charge is -2.15. The lowest BCUT2D eigenvalue weighted by atomic mass is 10.2. The minimum absolute atomic E-state index is 0.0438. The first-order valence-corrected chi connectivity index (χ1v) is 9.57. The van der Waals surface area contributed by atoms with Crippen molar-refractivity contribution in [3.05, 3.63) is 58.1 Å². The first-order valence-electron chi connectivity index (χ1n) is 7.20. The summed E-state index contributed by atoms with van der Waals surface area (Å²) in [6, 6.07) is 10.4. The molecule has 130 valence electrons. The molecule has 0 aromatic heterocycles. The number of hydrogen-bond acceptors (Lipinski definition) is 4. The molecule has 0 saturated carbocycles. The van der Waals surface area contributed by atoms with Crippen molar-refractivity contribution in [2.24, 2.45) is 0 Å². The van der Waals surface area contributed by atoms with Crippen LogP contribution in [0, 0.1) is 0 Å². The molecule has 9 heteroatoms. The number of sulfonamides is 1. The molecule has 1 aliphatic heterocycles. The van der Waals surface area contributed by atoms with Gasteiger partial charge in [0, 0.05) is 17.0 Å². The van der Waals surface area contributed by atoms with Crippen molar-refractivity contribution >= 4 is 56.4 Å². The van der Waals surface area contributed by atoms with E-state index < -0.39 is 21.8 Å². The number of nitrogens with zero attached hydrogens (tertiary/aromatic N) is 1. The minimum Gasteiger partial charge on any atom is -0.321 e. The lowest BCUT2D eigenvalue weighted by molar-refractivity contribution is -0.116. The Labute approximate surface area is 154 Å². The normalized spacial score (nSPS) is 16.1. The molecular formula is C16H12Cl2N2O4S. The fraction of sp³-hybridized carbons (Fsp3) is 0.125. The molecular weight excluding hydrogens is 387 g/mol. The monoisotopic (exact) mass is 398 g/mol. The second-order valence-electron chi connectivity index (χ2n) is 5.35. The number of carbonyl (C=O) groups is 2. The Kier molecular flexibility index (Phi) is 4.73. The van der Waals surface area contributed by atoms with E-state index in [9.17, 15) is 18.0 Å². The van der Waals surface area contributed by atoms with Crippen molar-refractivity contribution in [1.82, 2.24) is 0 Å². The Bertz CT molecular complexity index is 959. The molecule has 3 rings (SSSR count). The molecule has 0 aliphatic carbocycles. The number of amides is 2. The third kappa shape index (κ3) is 3.63. The highest BCUT2D eigenvalue weighted by molar-refractivity contribution is 7.94. The summed E-state index contributed by atoms with van der Waals surface area (Å²) in [5, 5.41) is 3.39. The molecule has 1 N–H and O–H groups in total. The number of nitrogens with one attached hydrogen (secondary N) is 1. The van der Waals surface area contributed by atoms with Crippen LogP contribution in [0.4, 0.5) is 11.4 Å². The van der Waals surface area contributed by atoms with Crippen LogP contribution in [-0.2, 0) is 14.8 Å². The highest BCUT2D eigenvalue weighted by Crippen LogP contribution is 2.27. The van der Waals surface area contributed by atoms with E-state index in [0.29, 0.717) is 15.7 Å². The zero-order valence-corrected chi connectivity index (χ0v) is 15.0. The van der Waals surface area contributed by atoms with Crippen LogP contribution in [0.2, 0.25) is 10.0 Å². The van der Waals surface area contributed by atoms with Crippen LogP contribution in [0.3, 0.4) is 0 Å². The van der Waals surface area contributed by atoms with Crippen LogP contribution in [0.5, 0.6) is 0 Å². The maximum Gasteiger partial charge on any atom is 0.255 e. The third-order valence-electron chi connectivity index (χ3n) is 3.62. The van der Waals surface area contributed by atoms with Gasteiger partial charge in [-0.05, 0) is 42.5 Å². The summed E-state index contributed by atoms with van der Waals surface area (Å²) in [6.07, 6.45) is -0.0438. The molecule has 1 saturated heterocycles. The van der Waals surface area contributed by atoms with Gasteiger partial charge in [0.1, 0.15) is 0 Å². The molecule has 2 aromatic rings. The summed E-state index contributed by atoms with van der Waals surface area (Å²) in [7, 11) is -3.63. The zero-order valence-electron chi connectivity index (χ0n) is 12.7. The van der Waals surface area contributed by atoms with Crippen molar-refractivity contribution in [2.45, 2.75) is 6.42 Å². The average Bonchev–Trinajstić information content (AvgIpc) is 2.84. The van der Waals surface area contributed by atoms with Gasteiger partial charge in [-0.1, -0.05) is 23.2 Å². The van der Waals surface area contributed by atoms with Crippen molar-refractivity contribution in [3.63, 3.8) is 0 Å². The number of benzene rings is 2. The molecule has 2 amide bonds. The van der Waals surface area contributed by atoms with E-state index >= 15 is 0 Å². The van der Waals surface area contributed by atoms with Crippen LogP contribution >= 0.6 is 23.2 Å². The van der Waals surface area contributed by atoms with E-state index in [1.165, 1.54) is 30.3 Å². The minimum atomic E-state index is -3.63. The van der Waals surface area contributed by atoms with Gasteiger partial charge in [-0.3, -0.25) is 9.59 Å².